The van der Waals surface area contributed by atoms with Crippen LogP contribution in [0.2, 0.25) is 0 Å². The molecule has 0 fully saturated rings. The molecule has 0 saturated carbocycles. The van der Waals surface area contributed by atoms with Crippen molar-refractivity contribution in [2.24, 2.45) is 5.41 Å². The Kier molecular flexibility index (Phi) is 35.9. The molecule has 0 saturated heterocycles. The van der Waals surface area contributed by atoms with E-state index in [1.807, 2.05) is 0 Å². The Bertz CT molecular complexity index is 1700. The molecule has 0 aromatic carbocycles. The fourth-order valence-corrected chi connectivity index (χ4v) is 11.2. The number of aliphatic hydroxyl groups excluding tert-OH is 28. The lowest BCUT2D eigenvalue weighted by Gasteiger charge is -2.79. The summed E-state index contributed by atoms with van der Waals surface area (Å²) in [6.07, 6.45) is -3.81. The molecule has 0 spiro atoms. The summed E-state index contributed by atoms with van der Waals surface area (Å²) < 4.78 is 75.1. The minimum atomic E-state index is -6.27. The summed E-state index contributed by atoms with van der Waals surface area (Å²) in [4.78, 5) is 18.1. The van der Waals surface area contributed by atoms with Crippen LogP contribution < -0.4 is 0 Å². The van der Waals surface area contributed by atoms with Gasteiger partial charge in [0, 0.05) is 0 Å². The van der Waals surface area contributed by atoms with Crippen molar-refractivity contribution in [3.05, 3.63) is 0 Å². The second kappa shape index (κ2) is 36.8. The second-order valence-electron chi connectivity index (χ2n) is 18.3. The van der Waals surface area contributed by atoms with E-state index in [4.69, 9.17) is 61.6 Å². The Morgan fingerprint density at radius 3 is 0.698 bits per heavy atom. The van der Waals surface area contributed by atoms with Gasteiger partial charge >= 0.3 is 5.97 Å². The smallest absolute Gasteiger partial charge is 0.321 e. The van der Waals surface area contributed by atoms with Crippen molar-refractivity contribution in [3.63, 3.8) is 0 Å². The summed E-state index contributed by atoms with van der Waals surface area (Å²) in [6.45, 7) is -67.4. The molecule has 0 rings (SSSR count). The number of carbonyl (C=O) groups is 1. The minimum absolute atomic E-state index is 0.690. The van der Waals surface area contributed by atoms with Crippen molar-refractivity contribution in [1.29, 1.82) is 0 Å². The third kappa shape index (κ3) is 13.3. The maximum atomic E-state index is 18.1. The number of hydrogen-bond donors (Lipinski definition) is 28. The van der Waals surface area contributed by atoms with E-state index in [1.54, 1.807) is 0 Å². The Balaban J connectivity index is 15.0. The molecule has 516 valence electrons. The fourth-order valence-electron chi connectivity index (χ4n) is 11.2. The van der Waals surface area contributed by atoms with Gasteiger partial charge < -0.3 is 205 Å². The number of rotatable bonds is 54. The van der Waals surface area contributed by atoms with Crippen molar-refractivity contribution in [2.45, 2.75) is 80.8 Å². The van der Waals surface area contributed by atoms with E-state index in [0.29, 0.717) is 6.92 Å². The first-order valence-corrected chi connectivity index (χ1v) is 25.1. The highest BCUT2D eigenvalue weighted by molar-refractivity contribution is 5.86. The lowest BCUT2D eigenvalue weighted by Crippen LogP contribution is -3.03. The van der Waals surface area contributed by atoms with Crippen LogP contribution in [-0.2, 0) is 66.4 Å². The lowest BCUT2D eigenvalue weighted by molar-refractivity contribution is -0.540. The predicted molar refractivity (Wildman–Crippen MR) is 262 cm³/mol. The zero-order chi connectivity index (χ0) is 66.6. The van der Waals surface area contributed by atoms with Crippen molar-refractivity contribution in [2.75, 3.05) is 187 Å². The average molecular weight is 1290 g/mol. The Labute approximate surface area is 487 Å². The van der Waals surface area contributed by atoms with Gasteiger partial charge in [0.2, 0.25) is 17.4 Å². The highest BCUT2D eigenvalue weighted by Gasteiger charge is 3.01. The molecule has 42 nitrogen and oxygen atoms in total. The standard InChI is InChI=1S/C44H88O42/c1-2-74-31(73)41(42(32(4-46,5-47)75-21-63,33(6-48,7-49)76-22-64)84-37(14-56,15-57)80-26-68,43(34(8-50,9-51)77-23-65,35(10-52,11-53)78-24-66)85-38(16-58,17-59)81-27-69)44(36(12-54,13-55)79-25-67,86-39(18-60,19-61)82-28-70)40(20-62,83-29-71)30(72)3-45/h30,45-72H,2-29H2,1H3. The highest BCUT2D eigenvalue weighted by Crippen LogP contribution is 2.75. The molecular weight excluding hydrogens is 1200 g/mol. The van der Waals surface area contributed by atoms with Crippen LogP contribution in [0.25, 0.3) is 0 Å². The summed E-state index contributed by atoms with van der Waals surface area (Å²) in [5, 5.41) is 331. The third-order valence-corrected chi connectivity index (χ3v) is 14.9. The van der Waals surface area contributed by atoms with Crippen LogP contribution in [-0.4, -0.2) is 409 Å². The second-order valence-corrected chi connectivity index (χ2v) is 18.3. The van der Waals surface area contributed by atoms with Crippen LogP contribution in [0.15, 0.2) is 0 Å². The minimum Gasteiger partial charge on any atom is -0.465 e. The zero-order valence-electron chi connectivity index (χ0n) is 46.6. The first kappa shape index (κ1) is 83.9. The molecule has 0 bridgehead atoms. The van der Waals surface area contributed by atoms with Crippen LogP contribution in [0.4, 0.5) is 0 Å². The first-order chi connectivity index (χ1) is 40.9. The number of ether oxygens (including phenoxy) is 13. The molecule has 3 unspecified atom stereocenters. The summed E-state index contributed by atoms with van der Waals surface area (Å²) in [5.74, 6) is -16.1. The van der Waals surface area contributed by atoms with Gasteiger partial charge in [-0.25, -0.2) is 0 Å². The van der Waals surface area contributed by atoms with Crippen molar-refractivity contribution < 1.29 is 209 Å². The fraction of sp³-hybridized carbons (Fsp3) is 0.977. The van der Waals surface area contributed by atoms with E-state index >= 15 is 4.79 Å². The van der Waals surface area contributed by atoms with Gasteiger partial charge in [-0.1, -0.05) is 0 Å². The van der Waals surface area contributed by atoms with E-state index in [2.05, 4.69) is 0 Å². The average Bonchev–Trinajstić information content (AvgIpc) is 0.731. The molecule has 0 aliphatic heterocycles. The molecule has 0 aliphatic carbocycles. The van der Waals surface area contributed by atoms with Crippen LogP contribution in [0.1, 0.15) is 6.92 Å². The number of esters is 1. The molecule has 0 radical (unpaired) electrons. The molecule has 0 aromatic rings. The molecule has 42 heteroatoms. The largest absolute Gasteiger partial charge is 0.465 e. The monoisotopic (exact) mass is 1290 g/mol. The van der Waals surface area contributed by atoms with Gasteiger partial charge in [-0.05, 0) is 6.92 Å². The summed E-state index contributed by atoms with van der Waals surface area (Å²) in [5.41, 5.74) is -52.7. The Morgan fingerprint density at radius 1 is 0.302 bits per heavy atom. The van der Waals surface area contributed by atoms with Crippen LogP contribution in [0.5, 0.6) is 0 Å². The highest BCUT2D eigenvalue weighted by atomic mass is 16.8. The van der Waals surface area contributed by atoms with Crippen molar-refractivity contribution >= 4 is 5.97 Å². The summed E-state index contributed by atoms with van der Waals surface area (Å²) >= 11 is 0. The summed E-state index contributed by atoms with van der Waals surface area (Å²) in [6, 6.07) is 0. The van der Waals surface area contributed by atoms with E-state index in [1.165, 1.54) is 0 Å². The van der Waals surface area contributed by atoms with Gasteiger partial charge in [0.1, 0.15) is 67.2 Å². The SMILES string of the molecule is CCOC(=O)C(C(OC(CO)(CO)OCO)(C(CO)(CO)OCO)C(CO)(CO)OCO)(C(OC(CO)(CO)OCO)(C(CO)(CO)OCO)C(CO)(CO)OCO)C(OC(CO)(CO)OCO)(C(CO)(CO)OCO)C(CO)(OCO)C(O)CO. The number of aliphatic hydroxyl groups is 28. The molecule has 28 N–H and O–H groups in total. The van der Waals surface area contributed by atoms with Gasteiger partial charge in [-0.2, -0.15) is 0 Å². The maximum Gasteiger partial charge on any atom is 0.321 e. The molecule has 0 amide bonds. The van der Waals surface area contributed by atoms with Crippen LogP contribution in [0.3, 0.4) is 0 Å². The van der Waals surface area contributed by atoms with Gasteiger partial charge in [0.15, 0.2) is 55.8 Å². The zero-order valence-corrected chi connectivity index (χ0v) is 46.6. The van der Waals surface area contributed by atoms with Crippen LogP contribution >= 0.6 is 0 Å². The first-order valence-electron chi connectivity index (χ1n) is 25.1. The lowest BCUT2D eigenvalue weighted by atomic mass is 9.34. The van der Waals surface area contributed by atoms with Gasteiger partial charge in [0.25, 0.3) is 0 Å². The van der Waals surface area contributed by atoms with Crippen molar-refractivity contribution in [3.8, 4) is 0 Å². The van der Waals surface area contributed by atoms with E-state index in [-0.39, 0.29) is 0 Å². The molecular formula is C44H88O42. The van der Waals surface area contributed by atoms with Crippen LogP contribution in [0, 0.1) is 5.41 Å². The van der Waals surface area contributed by atoms with Crippen molar-refractivity contribution in [1.82, 2.24) is 0 Å². The molecule has 3 atom stereocenters. The van der Waals surface area contributed by atoms with E-state index in [0.717, 1.165) is 0 Å². The molecule has 0 aliphatic rings. The molecule has 0 heterocycles. The number of carbonyl (C=O) groups excluding carboxylic acids is 1. The van der Waals surface area contributed by atoms with Gasteiger partial charge in [-0.3, -0.25) is 4.79 Å². The Hall–Kier alpha value is -2.13. The van der Waals surface area contributed by atoms with Gasteiger partial charge in [0.05, 0.1) is 126 Å². The Morgan fingerprint density at radius 2 is 0.523 bits per heavy atom. The normalized spacial score (nSPS) is 15.9. The topological polar surface area (TPSA) is 704 Å². The molecule has 86 heavy (non-hydrogen) atoms. The predicted octanol–water partition coefficient (Wildman–Crippen LogP) is -17.8. The summed E-state index contributed by atoms with van der Waals surface area (Å²) in [7, 11) is 0. The quantitative estimate of drug-likeness (QED) is 0.0199. The van der Waals surface area contributed by atoms with Gasteiger partial charge in [-0.15, -0.1) is 0 Å². The molecule has 0 aromatic heterocycles. The number of hydrogen-bond acceptors (Lipinski definition) is 42. The van der Waals surface area contributed by atoms with E-state index < -0.39 is 272 Å². The maximum absolute atomic E-state index is 18.1. The third-order valence-electron chi connectivity index (χ3n) is 14.9. The van der Waals surface area contributed by atoms with E-state index in [9.17, 15) is 143 Å².